The highest BCUT2D eigenvalue weighted by atomic mass is 16.5. The van der Waals surface area contributed by atoms with Crippen LogP contribution >= 0.6 is 0 Å². The van der Waals surface area contributed by atoms with Gasteiger partial charge in [0.15, 0.2) is 11.5 Å². The molecule has 0 bridgehead atoms. The van der Waals surface area contributed by atoms with Crippen LogP contribution in [-0.2, 0) is 9.53 Å². The van der Waals surface area contributed by atoms with Crippen LogP contribution in [0.1, 0.15) is 51.2 Å². The van der Waals surface area contributed by atoms with Gasteiger partial charge in [-0.3, -0.25) is 9.69 Å². The first-order valence-corrected chi connectivity index (χ1v) is 10.4. The van der Waals surface area contributed by atoms with Crippen LogP contribution in [0.2, 0.25) is 0 Å². The average molecular weight is 389 g/mol. The molecule has 2 N–H and O–H groups in total. The molecule has 3 aliphatic rings. The zero-order valence-corrected chi connectivity index (χ0v) is 17.1. The van der Waals surface area contributed by atoms with Gasteiger partial charge in [-0.25, -0.2) is 0 Å². The quantitative estimate of drug-likeness (QED) is 0.858. The number of fused-ring (bicyclic) bond motifs is 3. The van der Waals surface area contributed by atoms with E-state index in [-0.39, 0.29) is 23.7 Å². The summed E-state index contributed by atoms with van der Waals surface area (Å²) < 4.78 is 18.7. The number of rotatable bonds is 4. The first-order valence-electron chi connectivity index (χ1n) is 10.4. The van der Waals surface area contributed by atoms with E-state index in [0.717, 1.165) is 55.8 Å². The minimum atomic E-state index is -0.290. The van der Waals surface area contributed by atoms with Crippen LogP contribution < -0.4 is 15.2 Å². The molecule has 154 valence electrons. The highest BCUT2D eigenvalue weighted by Crippen LogP contribution is 2.54. The highest BCUT2D eigenvalue weighted by Gasteiger charge is 2.49. The van der Waals surface area contributed by atoms with E-state index in [1.54, 1.807) is 7.11 Å². The van der Waals surface area contributed by atoms with Gasteiger partial charge in [0.1, 0.15) is 5.60 Å². The Morgan fingerprint density at radius 3 is 2.68 bits per heavy atom. The molecule has 6 heteroatoms. The van der Waals surface area contributed by atoms with E-state index >= 15 is 0 Å². The maximum atomic E-state index is 11.2. The fourth-order valence-corrected chi connectivity index (χ4v) is 5.26. The monoisotopic (exact) mass is 388 g/mol. The molecular weight excluding hydrogens is 356 g/mol. The molecule has 0 aromatic heterocycles. The van der Waals surface area contributed by atoms with Gasteiger partial charge in [-0.1, -0.05) is 12.1 Å². The van der Waals surface area contributed by atoms with Crippen molar-refractivity contribution in [3.8, 4) is 11.5 Å². The molecule has 28 heavy (non-hydrogen) atoms. The standard InChI is InChI=1S/C22H32N2O4/c1-22(2)16-7-8-17(14-9-11-24(12-10-14)13-19(23)25)27-20(16)15-5-4-6-18(26-3)21(15)28-22/h4-6,14,16-17,20H,7-13H2,1-3H3,(H2,23,25)/t16-,17+,20+/m0/s1. The summed E-state index contributed by atoms with van der Waals surface area (Å²) in [6, 6.07) is 6.08. The first-order chi connectivity index (χ1) is 13.4. The molecule has 3 heterocycles. The number of carbonyl (C=O) groups excluding carboxylic acids is 1. The van der Waals surface area contributed by atoms with Crippen LogP contribution in [0.3, 0.4) is 0 Å². The highest BCUT2D eigenvalue weighted by molar-refractivity contribution is 5.75. The van der Waals surface area contributed by atoms with Crippen LogP contribution in [0.4, 0.5) is 0 Å². The van der Waals surface area contributed by atoms with E-state index in [0.29, 0.717) is 18.4 Å². The molecule has 2 fully saturated rings. The molecule has 6 nitrogen and oxygen atoms in total. The van der Waals surface area contributed by atoms with Gasteiger partial charge in [-0.15, -0.1) is 0 Å². The molecular formula is C22H32N2O4. The van der Waals surface area contributed by atoms with E-state index in [2.05, 4.69) is 24.8 Å². The summed E-state index contributed by atoms with van der Waals surface area (Å²) in [6.07, 6.45) is 4.57. The van der Waals surface area contributed by atoms with Crippen molar-refractivity contribution in [2.75, 3.05) is 26.7 Å². The molecule has 0 unspecified atom stereocenters. The van der Waals surface area contributed by atoms with Crippen molar-refractivity contribution in [2.45, 2.75) is 57.3 Å². The maximum absolute atomic E-state index is 11.2. The van der Waals surface area contributed by atoms with Gasteiger partial charge in [-0.05, 0) is 64.6 Å². The number of primary amides is 1. The fraction of sp³-hybridized carbons (Fsp3) is 0.682. The third-order valence-corrected chi connectivity index (χ3v) is 6.78. The number of hydrogen-bond donors (Lipinski definition) is 1. The number of amides is 1. The Bertz CT molecular complexity index is 727. The van der Waals surface area contributed by atoms with Gasteiger partial charge >= 0.3 is 0 Å². The Kier molecular flexibility index (Phi) is 5.27. The molecule has 1 aromatic carbocycles. The summed E-state index contributed by atoms with van der Waals surface area (Å²) in [5.74, 6) is 2.22. The third-order valence-electron chi connectivity index (χ3n) is 6.78. The number of piperidine rings is 1. The Labute approximate surface area is 167 Å². The molecule has 0 radical (unpaired) electrons. The lowest BCUT2D eigenvalue weighted by Crippen LogP contribution is -2.50. The predicted molar refractivity (Wildman–Crippen MR) is 106 cm³/mol. The average Bonchev–Trinajstić information content (AvgIpc) is 2.67. The van der Waals surface area contributed by atoms with Gasteiger partial charge in [0.05, 0.1) is 25.9 Å². The molecule has 0 aliphatic carbocycles. The number of benzene rings is 1. The SMILES string of the molecule is COc1cccc2c1OC(C)(C)[C@H]1CC[C@H](C3CCN(CC(N)=O)CC3)O[C@H]21. The van der Waals surface area contributed by atoms with Crippen molar-refractivity contribution in [3.63, 3.8) is 0 Å². The summed E-state index contributed by atoms with van der Waals surface area (Å²) in [5, 5.41) is 0. The second kappa shape index (κ2) is 7.56. The smallest absolute Gasteiger partial charge is 0.231 e. The second-order valence-electron chi connectivity index (χ2n) is 8.94. The number of likely N-dealkylation sites (tertiary alicyclic amines) is 1. The molecule has 3 aliphatic heterocycles. The Morgan fingerprint density at radius 2 is 2.00 bits per heavy atom. The molecule has 1 aromatic rings. The topological polar surface area (TPSA) is 74.0 Å². The van der Waals surface area contributed by atoms with Gasteiger partial charge in [0.2, 0.25) is 5.91 Å². The van der Waals surface area contributed by atoms with Gasteiger partial charge in [-0.2, -0.15) is 0 Å². The number of nitrogens with zero attached hydrogens (tertiary/aromatic N) is 1. The third kappa shape index (κ3) is 3.60. The van der Waals surface area contributed by atoms with Crippen molar-refractivity contribution in [2.24, 2.45) is 17.6 Å². The number of nitrogens with two attached hydrogens (primary N) is 1. The zero-order chi connectivity index (χ0) is 19.9. The van der Waals surface area contributed by atoms with Crippen molar-refractivity contribution < 1.29 is 19.0 Å². The van der Waals surface area contributed by atoms with E-state index in [1.165, 1.54) is 0 Å². The molecule has 4 rings (SSSR count). The van der Waals surface area contributed by atoms with Crippen LogP contribution in [-0.4, -0.2) is 49.3 Å². The summed E-state index contributed by atoms with van der Waals surface area (Å²) in [6.45, 7) is 6.51. The lowest BCUT2D eigenvalue weighted by atomic mass is 9.73. The van der Waals surface area contributed by atoms with Crippen molar-refractivity contribution in [3.05, 3.63) is 23.8 Å². The Hall–Kier alpha value is -1.79. The minimum absolute atomic E-state index is 0.0382. The zero-order valence-electron chi connectivity index (χ0n) is 17.1. The molecule has 2 saturated heterocycles. The lowest BCUT2D eigenvalue weighted by Gasteiger charge is -2.50. The maximum Gasteiger partial charge on any atom is 0.231 e. The fourth-order valence-electron chi connectivity index (χ4n) is 5.26. The van der Waals surface area contributed by atoms with Gasteiger partial charge < -0.3 is 19.9 Å². The van der Waals surface area contributed by atoms with Gasteiger partial charge in [0.25, 0.3) is 0 Å². The Morgan fingerprint density at radius 1 is 1.25 bits per heavy atom. The van der Waals surface area contributed by atoms with E-state index in [9.17, 15) is 4.79 Å². The van der Waals surface area contributed by atoms with Crippen LogP contribution in [0, 0.1) is 11.8 Å². The molecule has 0 saturated carbocycles. The number of carbonyl (C=O) groups is 1. The Balaban J connectivity index is 1.51. The van der Waals surface area contributed by atoms with Gasteiger partial charge in [0, 0.05) is 11.5 Å². The van der Waals surface area contributed by atoms with Crippen LogP contribution in [0.15, 0.2) is 18.2 Å². The van der Waals surface area contributed by atoms with Crippen molar-refractivity contribution in [1.82, 2.24) is 4.90 Å². The second-order valence-corrected chi connectivity index (χ2v) is 8.94. The molecule has 3 atom stereocenters. The normalized spacial score (nSPS) is 30.0. The van der Waals surface area contributed by atoms with Crippen molar-refractivity contribution in [1.29, 1.82) is 0 Å². The van der Waals surface area contributed by atoms with Crippen molar-refractivity contribution >= 4 is 5.91 Å². The number of para-hydroxylation sites is 1. The molecule has 1 amide bonds. The van der Waals surface area contributed by atoms with Crippen LogP contribution in [0.25, 0.3) is 0 Å². The number of methoxy groups -OCH3 is 1. The van der Waals surface area contributed by atoms with Crippen LogP contribution in [0.5, 0.6) is 11.5 Å². The number of ether oxygens (including phenoxy) is 3. The summed E-state index contributed by atoms with van der Waals surface area (Å²) in [5.41, 5.74) is 6.16. The molecule has 0 spiro atoms. The summed E-state index contributed by atoms with van der Waals surface area (Å²) in [7, 11) is 1.68. The lowest BCUT2D eigenvalue weighted by molar-refractivity contribution is -0.168. The first kappa shape index (κ1) is 19.5. The van der Waals surface area contributed by atoms with E-state index in [1.807, 2.05) is 12.1 Å². The summed E-state index contributed by atoms with van der Waals surface area (Å²) >= 11 is 0. The predicted octanol–water partition coefficient (Wildman–Crippen LogP) is 2.90. The van der Waals surface area contributed by atoms with E-state index < -0.39 is 0 Å². The summed E-state index contributed by atoms with van der Waals surface area (Å²) in [4.78, 5) is 13.3. The van der Waals surface area contributed by atoms with E-state index in [4.69, 9.17) is 19.9 Å². The minimum Gasteiger partial charge on any atom is -0.493 e. The largest absolute Gasteiger partial charge is 0.493 e. The number of hydrogen-bond acceptors (Lipinski definition) is 5.